The average Bonchev–Trinajstić information content (AvgIpc) is 3.29. The minimum Gasteiger partial charge on any atom is -0.550 e. The molecule has 0 spiro atoms. The van der Waals surface area contributed by atoms with E-state index in [9.17, 15) is 44.1 Å². The van der Waals surface area contributed by atoms with Crippen LogP contribution in [0.15, 0.2) is 24.3 Å². The van der Waals surface area contributed by atoms with Crippen LogP contribution in [-0.4, -0.2) is 85.4 Å². The Labute approximate surface area is 474 Å². The van der Waals surface area contributed by atoms with E-state index in [1.807, 2.05) is 121 Å². The van der Waals surface area contributed by atoms with E-state index < -0.39 is 35.7 Å². The molecule has 2 N–H and O–H groups in total. The normalized spacial score (nSPS) is 13.2. The molecule has 0 saturated heterocycles. The number of hydrogen-bond acceptors (Lipinski definition) is 14. The molecule has 4 atom stereocenters. The van der Waals surface area contributed by atoms with Gasteiger partial charge in [-0.3, -0.25) is 24.0 Å². The van der Waals surface area contributed by atoms with E-state index in [-0.39, 0.29) is 101 Å². The fraction of sp³-hybridized carbons (Fsp3) is 0.690. The minimum absolute atomic E-state index is 0. The Bertz CT molecular complexity index is 2000. The van der Waals surface area contributed by atoms with Gasteiger partial charge in [0.25, 0.3) is 0 Å². The van der Waals surface area contributed by atoms with Gasteiger partial charge in [0.05, 0.1) is 51.1 Å². The number of unbranched alkanes of at least 4 members (excludes halogenated alkanes) is 2. The molecule has 16 heteroatoms. The molecule has 0 aromatic heterocycles. The van der Waals surface area contributed by atoms with Crippen molar-refractivity contribution in [2.75, 3.05) is 39.4 Å². The summed E-state index contributed by atoms with van der Waals surface area (Å²) in [6, 6.07) is 7.72. The first kappa shape index (κ1) is 72.4. The number of aliphatic carboxylic acids is 1. The molecule has 0 saturated carbocycles. The molecule has 14 nitrogen and oxygen atoms in total. The number of aromatic hydroxyl groups is 2. The summed E-state index contributed by atoms with van der Waals surface area (Å²) in [6.45, 7) is 32.5. The molecule has 2 rings (SSSR count). The number of ether oxygens (including phenoxy) is 5. The van der Waals surface area contributed by atoms with Crippen molar-refractivity contribution >= 4 is 51.7 Å². The number of halogens is 1. The summed E-state index contributed by atoms with van der Waals surface area (Å²) in [6.07, 6.45) is 5.10. The molecule has 416 valence electrons. The van der Waals surface area contributed by atoms with Crippen LogP contribution in [0.5, 0.6) is 11.5 Å². The predicted octanol–water partition coefficient (Wildman–Crippen LogP) is 7.84. The number of aryl methyl sites for hydroxylation is 2. The van der Waals surface area contributed by atoms with Crippen molar-refractivity contribution in [3.63, 3.8) is 0 Å². The molecule has 0 amide bonds. The van der Waals surface area contributed by atoms with Gasteiger partial charge in [0.1, 0.15) is 18.1 Å². The molecular formula is C58H92BrNaO14. The van der Waals surface area contributed by atoms with Crippen molar-refractivity contribution in [3.8, 4) is 11.5 Å². The molecule has 2 aromatic rings. The van der Waals surface area contributed by atoms with E-state index in [4.69, 9.17) is 18.9 Å². The molecule has 74 heavy (non-hydrogen) atoms. The van der Waals surface area contributed by atoms with E-state index in [2.05, 4.69) is 20.7 Å². The van der Waals surface area contributed by atoms with Crippen LogP contribution >= 0.6 is 15.9 Å². The van der Waals surface area contributed by atoms with Crippen molar-refractivity contribution in [2.24, 2.45) is 23.7 Å². The number of phenolic OH excluding ortho intramolecular Hbond substituents is 2. The maximum Gasteiger partial charge on any atom is 1.00 e. The molecule has 0 bridgehead atoms. The third-order valence-electron chi connectivity index (χ3n) is 12.1. The summed E-state index contributed by atoms with van der Waals surface area (Å²) < 4.78 is 25.3. The number of carbonyl (C=O) groups is 6. The summed E-state index contributed by atoms with van der Waals surface area (Å²) in [7, 11) is 2.65. The van der Waals surface area contributed by atoms with Crippen molar-refractivity contribution in [3.05, 3.63) is 57.6 Å². The zero-order chi connectivity index (χ0) is 56.7. The third-order valence-corrected chi connectivity index (χ3v) is 12.9. The Morgan fingerprint density at radius 3 is 1.18 bits per heavy atom. The topological polar surface area (TPSA) is 212 Å². The number of phenols is 2. The second kappa shape index (κ2) is 34.2. The molecule has 0 radical (unpaired) electrons. The van der Waals surface area contributed by atoms with Gasteiger partial charge in [0.15, 0.2) is 0 Å². The number of carboxylic acids is 1. The maximum atomic E-state index is 12.6. The van der Waals surface area contributed by atoms with Crippen LogP contribution in [0, 0.1) is 23.7 Å². The van der Waals surface area contributed by atoms with Crippen molar-refractivity contribution < 1.29 is 97.3 Å². The Hall–Kier alpha value is -3.66. The largest absolute Gasteiger partial charge is 1.00 e. The summed E-state index contributed by atoms with van der Waals surface area (Å²) in [5.41, 5.74) is 4.36. The summed E-state index contributed by atoms with van der Waals surface area (Å²) in [5, 5.41) is 32.6. The monoisotopic (exact) mass is 1110 g/mol. The number of esters is 5. The number of methoxy groups -OCH3 is 2. The molecule has 4 unspecified atom stereocenters. The standard InChI is InChI=1S/C29H46O7.C17H26O3.C12H21BrO4.Na/c1-10-11-14-35-27(33)21(15-19(2)26(32)34-9)18-36-24(30)13-12-20-16-22(28(3,4)5)25(31)23(17-20)29(6,7)8;1-16(2,3)12-9-11(7-8-14(18)19)10-13(15(12)20)17(4,5)6;1-4-5-6-17-12(15)10(8-13)7-9(2)11(14)16-3;/h16-17,19,21,31H,10-15,18H2,1-9H3;9-10,20H,7-8H2,1-6H3,(H,18,19);9-10H,4-8H2,1-3H3;/q;;;+1/p-1. The number of hydrogen-bond donors (Lipinski definition) is 2. The van der Waals surface area contributed by atoms with Crippen LogP contribution < -0.4 is 34.7 Å². The fourth-order valence-electron chi connectivity index (χ4n) is 7.50. The quantitative estimate of drug-likeness (QED) is 0.0357. The molecular weight excluding hydrogens is 1020 g/mol. The Balaban J connectivity index is 0. The molecule has 0 aliphatic heterocycles. The first-order valence-corrected chi connectivity index (χ1v) is 26.9. The summed E-state index contributed by atoms with van der Waals surface area (Å²) in [5.74, 6) is -4.16. The van der Waals surface area contributed by atoms with Gasteiger partial charge in [-0.15, -0.1) is 0 Å². The van der Waals surface area contributed by atoms with Gasteiger partial charge in [-0.2, -0.15) is 0 Å². The first-order valence-electron chi connectivity index (χ1n) is 25.7. The molecule has 0 aliphatic carbocycles. The predicted molar refractivity (Wildman–Crippen MR) is 288 cm³/mol. The number of benzene rings is 2. The summed E-state index contributed by atoms with van der Waals surface area (Å²) in [4.78, 5) is 70.6. The van der Waals surface area contributed by atoms with Gasteiger partial charge in [-0.25, -0.2) is 0 Å². The van der Waals surface area contributed by atoms with Crippen LogP contribution in [0.1, 0.15) is 196 Å². The number of carboxylic acid groups (broad SMARTS) is 1. The SMILES string of the molecule is CC(C)(C)c1cc(CCC(=O)[O-])cc(C(C)(C)C)c1O.CCCCOC(=O)C(CBr)CC(C)C(=O)OC.CCCCOC(=O)C(COC(=O)CCc1cc(C(C)(C)C)c(O)c(C(C)(C)C)c1)CC(C)C(=O)OC.[Na+]. The van der Waals surface area contributed by atoms with Gasteiger partial charge in [0.2, 0.25) is 0 Å². The fourth-order valence-corrected chi connectivity index (χ4v) is 8.02. The van der Waals surface area contributed by atoms with Crippen molar-refractivity contribution in [1.82, 2.24) is 0 Å². The molecule has 2 aromatic carbocycles. The molecule has 0 aliphatic rings. The zero-order valence-electron chi connectivity index (χ0n) is 48.7. The smallest absolute Gasteiger partial charge is 0.550 e. The van der Waals surface area contributed by atoms with Gasteiger partial charge in [-0.05, 0) is 100.0 Å². The van der Waals surface area contributed by atoms with Crippen LogP contribution in [0.2, 0.25) is 0 Å². The number of rotatable bonds is 23. The Kier molecular flexibility index (Phi) is 33.4. The average molecular weight is 1120 g/mol. The van der Waals surface area contributed by atoms with E-state index in [1.54, 1.807) is 13.8 Å². The third kappa shape index (κ3) is 26.9. The number of carbonyl (C=O) groups excluding carboxylic acids is 6. The van der Waals surface area contributed by atoms with Crippen LogP contribution in [0.25, 0.3) is 0 Å². The van der Waals surface area contributed by atoms with E-state index in [0.717, 1.165) is 59.1 Å². The minimum atomic E-state index is -1.05. The van der Waals surface area contributed by atoms with E-state index >= 15 is 0 Å². The molecule has 0 heterocycles. The van der Waals surface area contributed by atoms with E-state index in [1.165, 1.54) is 14.2 Å². The van der Waals surface area contributed by atoms with Gasteiger partial charge in [-0.1, -0.05) is 164 Å². The van der Waals surface area contributed by atoms with Crippen molar-refractivity contribution in [2.45, 2.75) is 197 Å². The second-order valence-electron chi connectivity index (χ2n) is 23.0. The zero-order valence-corrected chi connectivity index (χ0v) is 52.3. The first-order chi connectivity index (χ1) is 33.6. The summed E-state index contributed by atoms with van der Waals surface area (Å²) >= 11 is 3.27. The Morgan fingerprint density at radius 1 is 0.554 bits per heavy atom. The number of alkyl halides is 1. The van der Waals surface area contributed by atoms with Crippen LogP contribution in [0.4, 0.5) is 0 Å². The van der Waals surface area contributed by atoms with Gasteiger partial charge >= 0.3 is 59.4 Å². The second-order valence-corrected chi connectivity index (χ2v) is 23.7. The Morgan fingerprint density at radius 2 is 0.878 bits per heavy atom. The van der Waals surface area contributed by atoms with Crippen LogP contribution in [0.3, 0.4) is 0 Å². The van der Waals surface area contributed by atoms with Gasteiger partial charge < -0.3 is 43.8 Å². The van der Waals surface area contributed by atoms with Crippen LogP contribution in [-0.2, 0) is 87.0 Å². The molecule has 0 fully saturated rings. The van der Waals surface area contributed by atoms with E-state index in [0.29, 0.717) is 49.3 Å². The van der Waals surface area contributed by atoms with Crippen molar-refractivity contribution in [1.29, 1.82) is 0 Å². The van der Waals surface area contributed by atoms with Gasteiger partial charge in [0, 0.05) is 17.7 Å². The maximum absolute atomic E-state index is 12.6.